The molecule has 0 radical (unpaired) electrons. The van der Waals surface area contributed by atoms with Crippen molar-refractivity contribution in [2.75, 3.05) is 11.1 Å². The van der Waals surface area contributed by atoms with Gasteiger partial charge in [0.15, 0.2) is 0 Å². The largest absolute Gasteiger partial charge is 0.397 e. The standard InChI is InChI=1S/C14H18N4O/c1-3-7-18-9-11(15)8-13(18)14(19)17-12-5-4-6-16-10(12)2/h4-6,8-9H,3,7,15H2,1-2H3,(H,17,19). The Morgan fingerprint density at radius 3 is 3.00 bits per heavy atom. The molecule has 5 nitrogen and oxygen atoms in total. The Morgan fingerprint density at radius 2 is 2.32 bits per heavy atom. The van der Waals surface area contributed by atoms with E-state index in [1.165, 1.54) is 0 Å². The number of nitrogens with two attached hydrogens (primary N) is 1. The fourth-order valence-corrected chi connectivity index (χ4v) is 1.95. The number of nitrogen functional groups attached to an aromatic ring is 1. The molecule has 2 aromatic heterocycles. The van der Waals surface area contributed by atoms with Crippen LogP contribution < -0.4 is 11.1 Å². The van der Waals surface area contributed by atoms with Crippen molar-refractivity contribution in [3.63, 3.8) is 0 Å². The number of nitrogens with zero attached hydrogens (tertiary/aromatic N) is 2. The van der Waals surface area contributed by atoms with Gasteiger partial charge >= 0.3 is 0 Å². The first-order valence-electron chi connectivity index (χ1n) is 6.30. The first-order chi connectivity index (χ1) is 9.11. The highest BCUT2D eigenvalue weighted by Gasteiger charge is 2.13. The lowest BCUT2D eigenvalue weighted by Crippen LogP contribution is -2.17. The van der Waals surface area contributed by atoms with E-state index in [1.54, 1.807) is 24.5 Å². The van der Waals surface area contributed by atoms with Gasteiger partial charge in [-0.2, -0.15) is 0 Å². The molecule has 0 atom stereocenters. The molecule has 0 bridgehead atoms. The Morgan fingerprint density at radius 1 is 1.53 bits per heavy atom. The first-order valence-corrected chi connectivity index (χ1v) is 6.30. The predicted molar refractivity (Wildman–Crippen MR) is 76.1 cm³/mol. The van der Waals surface area contributed by atoms with Crippen LogP contribution in [0.4, 0.5) is 11.4 Å². The number of carbonyl (C=O) groups excluding carboxylic acids is 1. The van der Waals surface area contributed by atoms with Gasteiger partial charge in [-0.25, -0.2) is 0 Å². The number of pyridine rings is 1. The van der Waals surface area contributed by atoms with E-state index in [0.29, 0.717) is 11.4 Å². The van der Waals surface area contributed by atoms with E-state index in [4.69, 9.17) is 5.73 Å². The van der Waals surface area contributed by atoms with Crippen molar-refractivity contribution in [3.8, 4) is 0 Å². The molecule has 1 amide bonds. The molecule has 0 spiro atoms. The fraction of sp³-hybridized carbons (Fsp3) is 0.286. The summed E-state index contributed by atoms with van der Waals surface area (Å²) in [6, 6.07) is 5.31. The summed E-state index contributed by atoms with van der Waals surface area (Å²) in [5.41, 5.74) is 8.44. The molecule has 2 heterocycles. The second kappa shape index (κ2) is 5.56. The molecule has 5 heteroatoms. The zero-order valence-corrected chi connectivity index (χ0v) is 11.2. The first kappa shape index (κ1) is 13.1. The average Bonchev–Trinajstić information content (AvgIpc) is 2.74. The van der Waals surface area contributed by atoms with Crippen LogP contribution in [0.2, 0.25) is 0 Å². The molecular formula is C14H18N4O. The van der Waals surface area contributed by atoms with Crippen molar-refractivity contribution >= 4 is 17.3 Å². The van der Waals surface area contributed by atoms with Gasteiger partial charge in [-0.1, -0.05) is 6.92 Å². The highest BCUT2D eigenvalue weighted by atomic mass is 16.1. The molecule has 0 aliphatic carbocycles. The monoisotopic (exact) mass is 258 g/mol. The van der Waals surface area contributed by atoms with Crippen molar-refractivity contribution in [1.82, 2.24) is 9.55 Å². The van der Waals surface area contributed by atoms with Crippen LogP contribution in [0.1, 0.15) is 29.5 Å². The Hall–Kier alpha value is -2.30. The molecule has 19 heavy (non-hydrogen) atoms. The van der Waals surface area contributed by atoms with Gasteiger partial charge < -0.3 is 15.6 Å². The van der Waals surface area contributed by atoms with E-state index in [-0.39, 0.29) is 5.91 Å². The maximum Gasteiger partial charge on any atom is 0.272 e. The minimum absolute atomic E-state index is 0.166. The Bertz CT molecular complexity index is 589. The summed E-state index contributed by atoms with van der Waals surface area (Å²) in [5, 5.41) is 2.86. The van der Waals surface area contributed by atoms with Crippen molar-refractivity contribution in [2.45, 2.75) is 26.8 Å². The van der Waals surface area contributed by atoms with Gasteiger partial charge in [0.25, 0.3) is 5.91 Å². The minimum atomic E-state index is -0.166. The van der Waals surface area contributed by atoms with E-state index < -0.39 is 0 Å². The molecule has 0 unspecified atom stereocenters. The van der Waals surface area contributed by atoms with Gasteiger partial charge in [-0.05, 0) is 31.5 Å². The lowest BCUT2D eigenvalue weighted by atomic mass is 10.3. The Balaban J connectivity index is 2.23. The summed E-state index contributed by atoms with van der Waals surface area (Å²) in [5.74, 6) is -0.166. The molecule has 0 saturated heterocycles. The maximum absolute atomic E-state index is 12.3. The van der Waals surface area contributed by atoms with Crippen molar-refractivity contribution in [1.29, 1.82) is 0 Å². The predicted octanol–water partition coefficient (Wildman–Crippen LogP) is 2.44. The van der Waals surface area contributed by atoms with Gasteiger partial charge in [-0.15, -0.1) is 0 Å². The number of carbonyl (C=O) groups is 1. The molecule has 2 rings (SSSR count). The summed E-state index contributed by atoms with van der Waals surface area (Å²) in [6.07, 6.45) is 4.43. The third-order valence-electron chi connectivity index (χ3n) is 2.87. The number of anilines is 2. The van der Waals surface area contributed by atoms with Crippen molar-refractivity contribution in [2.24, 2.45) is 0 Å². The van der Waals surface area contributed by atoms with Crippen LogP contribution in [-0.2, 0) is 6.54 Å². The summed E-state index contributed by atoms with van der Waals surface area (Å²) < 4.78 is 1.87. The lowest BCUT2D eigenvalue weighted by Gasteiger charge is -2.09. The van der Waals surface area contributed by atoms with Gasteiger partial charge in [0.05, 0.1) is 17.1 Å². The number of nitrogens with one attached hydrogen (secondary N) is 1. The number of amides is 1. The normalized spacial score (nSPS) is 10.4. The molecule has 2 aromatic rings. The summed E-state index contributed by atoms with van der Waals surface area (Å²) in [4.78, 5) is 16.4. The number of hydrogen-bond acceptors (Lipinski definition) is 3. The molecule has 0 aromatic carbocycles. The van der Waals surface area contributed by atoms with Crippen LogP contribution in [0.5, 0.6) is 0 Å². The molecule has 3 N–H and O–H groups in total. The fourth-order valence-electron chi connectivity index (χ4n) is 1.95. The van der Waals surface area contributed by atoms with E-state index in [0.717, 1.165) is 24.3 Å². The minimum Gasteiger partial charge on any atom is -0.397 e. The molecule has 0 fully saturated rings. The number of aromatic nitrogens is 2. The summed E-state index contributed by atoms with van der Waals surface area (Å²) in [6.45, 7) is 4.68. The van der Waals surface area contributed by atoms with Crippen LogP contribution in [0.15, 0.2) is 30.6 Å². The highest BCUT2D eigenvalue weighted by Crippen LogP contribution is 2.16. The van der Waals surface area contributed by atoms with E-state index >= 15 is 0 Å². The number of rotatable bonds is 4. The molecule has 0 saturated carbocycles. The van der Waals surface area contributed by atoms with Gasteiger partial charge in [0.1, 0.15) is 5.69 Å². The molecule has 0 aliphatic rings. The third kappa shape index (κ3) is 2.93. The number of aryl methyl sites for hydroxylation is 2. The van der Waals surface area contributed by atoms with Crippen molar-refractivity contribution in [3.05, 3.63) is 42.0 Å². The van der Waals surface area contributed by atoms with Crippen molar-refractivity contribution < 1.29 is 4.79 Å². The Kier molecular flexibility index (Phi) is 3.85. The number of hydrogen-bond donors (Lipinski definition) is 2. The smallest absolute Gasteiger partial charge is 0.272 e. The van der Waals surface area contributed by atoms with Gasteiger partial charge in [0.2, 0.25) is 0 Å². The third-order valence-corrected chi connectivity index (χ3v) is 2.87. The Labute approximate surface area is 112 Å². The highest BCUT2D eigenvalue weighted by molar-refractivity contribution is 6.04. The van der Waals surface area contributed by atoms with Crippen LogP contribution in [0, 0.1) is 6.92 Å². The quantitative estimate of drug-likeness (QED) is 0.884. The molecule has 100 valence electrons. The second-order valence-electron chi connectivity index (χ2n) is 4.44. The van der Waals surface area contributed by atoms with E-state index in [2.05, 4.69) is 17.2 Å². The molecule has 0 aliphatic heterocycles. The zero-order valence-electron chi connectivity index (χ0n) is 11.2. The second-order valence-corrected chi connectivity index (χ2v) is 4.44. The summed E-state index contributed by atoms with van der Waals surface area (Å²) in [7, 11) is 0. The van der Waals surface area contributed by atoms with E-state index in [9.17, 15) is 4.79 Å². The van der Waals surface area contributed by atoms with Gasteiger partial charge in [-0.3, -0.25) is 9.78 Å². The summed E-state index contributed by atoms with van der Waals surface area (Å²) >= 11 is 0. The van der Waals surface area contributed by atoms with Crippen LogP contribution in [-0.4, -0.2) is 15.5 Å². The topological polar surface area (TPSA) is 72.9 Å². The van der Waals surface area contributed by atoms with Gasteiger partial charge in [0, 0.05) is 18.9 Å². The zero-order chi connectivity index (χ0) is 13.8. The van der Waals surface area contributed by atoms with Crippen LogP contribution >= 0.6 is 0 Å². The average molecular weight is 258 g/mol. The maximum atomic E-state index is 12.3. The SMILES string of the molecule is CCCn1cc(N)cc1C(=O)Nc1cccnc1C. The van der Waals surface area contributed by atoms with Crippen LogP contribution in [0.25, 0.3) is 0 Å². The lowest BCUT2D eigenvalue weighted by molar-refractivity contribution is 0.101. The van der Waals surface area contributed by atoms with E-state index in [1.807, 2.05) is 17.6 Å². The van der Waals surface area contributed by atoms with Crippen LogP contribution in [0.3, 0.4) is 0 Å². The molecular weight excluding hydrogens is 240 g/mol.